The van der Waals surface area contributed by atoms with Crippen LogP contribution in [-0.4, -0.2) is 42.2 Å². The highest BCUT2D eigenvalue weighted by Gasteiger charge is 2.34. The van der Waals surface area contributed by atoms with Crippen molar-refractivity contribution in [1.29, 1.82) is 0 Å². The molecule has 1 atom stereocenters. The van der Waals surface area contributed by atoms with Crippen LogP contribution in [0.3, 0.4) is 0 Å². The summed E-state index contributed by atoms with van der Waals surface area (Å²) in [6.45, 7) is 0.681. The molecule has 0 spiro atoms. The molecular formula is C16H20N2O4S. The van der Waals surface area contributed by atoms with Crippen LogP contribution in [0.15, 0.2) is 29.2 Å². The molecule has 23 heavy (non-hydrogen) atoms. The number of nitrogens with zero attached hydrogens (tertiary/aromatic N) is 1. The van der Waals surface area contributed by atoms with Gasteiger partial charge in [0.25, 0.3) is 0 Å². The molecule has 0 bridgehead atoms. The molecule has 1 fully saturated rings. The largest absolute Gasteiger partial charge is 0.481 e. The highest BCUT2D eigenvalue weighted by Crippen LogP contribution is 2.27. The quantitative estimate of drug-likeness (QED) is 0.585. The number of hydrogen-bond donors (Lipinski definition) is 2. The average molecular weight is 336 g/mol. The number of rotatable bonds is 7. The number of thioether (sulfide) groups is 1. The summed E-state index contributed by atoms with van der Waals surface area (Å²) < 4.78 is 0. The van der Waals surface area contributed by atoms with Gasteiger partial charge in [0.2, 0.25) is 11.8 Å². The first-order valence-electron chi connectivity index (χ1n) is 7.45. The minimum atomic E-state index is -0.879. The van der Waals surface area contributed by atoms with E-state index in [0.29, 0.717) is 19.5 Å². The summed E-state index contributed by atoms with van der Waals surface area (Å²) in [5.74, 6) is -1.51. The van der Waals surface area contributed by atoms with Crippen LogP contribution in [0.5, 0.6) is 0 Å². The molecule has 1 aliphatic heterocycles. The Hall–Kier alpha value is -2.02. The zero-order valence-electron chi connectivity index (χ0n) is 12.9. The van der Waals surface area contributed by atoms with Gasteiger partial charge in [0, 0.05) is 36.5 Å². The summed E-state index contributed by atoms with van der Waals surface area (Å²) in [7, 11) is 0. The van der Waals surface area contributed by atoms with Crippen molar-refractivity contribution in [2.75, 3.05) is 24.2 Å². The number of carboxylic acids is 1. The summed E-state index contributed by atoms with van der Waals surface area (Å²) in [5.41, 5.74) is 0.800. The molecule has 1 saturated heterocycles. The summed E-state index contributed by atoms with van der Waals surface area (Å²) in [6.07, 6.45) is 2.59. The van der Waals surface area contributed by atoms with Crippen molar-refractivity contribution in [3.8, 4) is 0 Å². The van der Waals surface area contributed by atoms with E-state index < -0.39 is 5.97 Å². The number of carboxylic acid groups (broad SMARTS) is 1. The maximum absolute atomic E-state index is 12.1. The molecule has 2 rings (SSSR count). The van der Waals surface area contributed by atoms with Gasteiger partial charge < -0.3 is 15.3 Å². The first kappa shape index (κ1) is 17.3. The molecule has 2 amide bonds. The molecule has 0 saturated carbocycles. The van der Waals surface area contributed by atoms with Crippen LogP contribution < -0.4 is 10.2 Å². The monoisotopic (exact) mass is 336 g/mol. The van der Waals surface area contributed by atoms with E-state index in [-0.39, 0.29) is 30.6 Å². The first-order chi connectivity index (χ1) is 11.0. The lowest BCUT2D eigenvalue weighted by Gasteiger charge is -2.17. The van der Waals surface area contributed by atoms with E-state index in [4.69, 9.17) is 5.11 Å². The molecule has 1 aliphatic rings. The zero-order chi connectivity index (χ0) is 16.8. The SMILES string of the molecule is CSc1ccc(N2CC(C(=O)NCCCC(=O)O)CC2=O)cc1. The maximum atomic E-state index is 12.1. The Morgan fingerprint density at radius 3 is 2.65 bits per heavy atom. The van der Waals surface area contributed by atoms with Gasteiger partial charge in [-0.15, -0.1) is 11.8 Å². The Balaban J connectivity index is 1.88. The molecule has 124 valence electrons. The number of amides is 2. The van der Waals surface area contributed by atoms with Crippen molar-refractivity contribution < 1.29 is 19.5 Å². The molecule has 6 nitrogen and oxygen atoms in total. The third-order valence-electron chi connectivity index (χ3n) is 3.75. The Kier molecular flexibility index (Phi) is 6.04. The minimum absolute atomic E-state index is 0.0256. The lowest BCUT2D eigenvalue weighted by Crippen LogP contribution is -2.33. The second-order valence-electron chi connectivity index (χ2n) is 5.39. The van der Waals surface area contributed by atoms with Crippen LogP contribution in [0.4, 0.5) is 5.69 Å². The molecule has 0 aliphatic carbocycles. The van der Waals surface area contributed by atoms with E-state index in [2.05, 4.69) is 5.32 Å². The highest BCUT2D eigenvalue weighted by atomic mass is 32.2. The second-order valence-corrected chi connectivity index (χ2v) is 6.27. The fraction of sp³-hybridized carbons (Fsp3) is 0.438. The molecule has 1 unspecified atom stereocenters. The van der Waals surface area contributed by atoms with Crippen LogP contribution in [0, 0.1) is 5.92 Å². The minimum Gasteiger partial charge on any atom is -0.481 e. The molecule has 7 heteroatoms. The normalized spacial score (nSPS) is 17.3. The highest BCUT2D eigenvalue weighted by molar-refractivity contribution is 7.98. The Morgan fingerprint density at radius 1 is 1.35 bits per heavy atom. The lowest BCUT2D eigenvalue weighted by molar-refractivity contribution is -0.137. The molecule has 2 N–H and O–H groups in total. The third kappa shape index (κ3) is 4.72. The maximum Gasteiger partial charge on any atom is 0.303 e. The van der Waals surface area contributed by atoms with Crippen molar-refractivity contribution in [2.45, 2.75) is 24.2 Å². The average Bonchev–Trinajstić information content (AvgIpc) is 2.93. The van der Waals surface area contributed by atoms with Gasteiger partial charge >= 0.3 is 5.97 Å². The molecule has 1 heterocycles. The van der Waals surface area contributed by atoms with Crippen LogP contribution in [-0.2, 0) is 14.4 Å². The number of carbonyl (C=O) groups is 3. The number of hydrogen-bond acceptors (Lipinski definition) is 4. The standard InChI is InChI=1S/C16H20N2O4S/c1-23-13-6-4-12(5-7-13)18-10-11(9-14(18)19)16(22)17-8-2-3-15(20)21/h4-7,11H,2-3,8-10H2,1H3,(H,17,22)(H,20,21). The topological polar surface area (TPSA) is 86.7 Å². The van der Waals surface area contributed by atoms with Crippen LogP contribution in [0.2, 0.25) is 0 Å². The van der Waals surface area contributed by atoms with E-state index in [1.54, 1.807) is 16.7 Å². The fourth-order valence-corrected chi connectivity index (χ4v) is 2.90. The lowest BCUT2D eigenvalue weighted by atomic mass is 10.1. The number of anilines is 1. The Morgan fingerprint density at radius 2 is 2.04 bits per heavy atom. The molecule has 0 radical (unpaired) electrons. The molecular weight excluding hydrogens is 316 g/mol. The van der Waals surface area contributed by atoms with Gasteiger partial charge in [0.15, 0.2) is 0 Å². The number of aliphatic carboxylic acids is 1. The van der Waals surface area contributed by atoms with Crippen molar-refractivity contribution in [3.63, 3.8) is 0 Å². The number of carbonyl (C=O) groups excluding carboxylic acids is 2. The van der Waals surface area contributed by atoms with E-state index >= 15 is 0 Å². The van der Waals surface area contributed by atoms with E-state index in [0.717, 1.165) is 10.6 Å². The van der Waals surface area contributed by atoms with E-state index in [1.165, 1.54) is 0 Å². The van der Waals surface area contributed by atoms with Crippen LogP contribution >= 0.6 is 11.8 Å². The molecule has 1 aromatic carbocycles. The van der Waals surface area contributed by atoms with Gasteiger partial charge in [0.05, 0.1) is 5.92 Å². The Labute approximate surface area is 139 Å². The number of nitrogens with one attached hydrogen (secondary N) is 1. The van der Waals surface area contributed by atoms with Gasteiger partial charge in [-0.05, 0) is 36.9 Å². The molecule has 0 aromatic heterocycles. The van der Waals surface area contributed by atoms with Gasteiger partial charge in [0.1, 0.15) is 0 Å². The van der Waals surface area contributed by atoms with Crippen molar-refractivity contribution >= 4 is 35.2 Å². The summed E-state index contributed by atoms with van der Waals surface area (Å²) in [4.78, 5) is 37.4. The molecule has 1 aromatic rings. The first-order valence-corrected chi connectivity index (χ1v) is 8.67. The van der Waals surface area contributed by atoms with Crippen LogP contribution in [0.1, 0.15) is 19.3 Å². The predicted octanol–water partition coefficient (Wildman–Crippen LogP) is 1.74. The van der Waals surface area contributed by atoms with Crippen molar-refractivity contribution in [3.05, 3.63) is 24.3 Å². The van der Waals surface area contributed by atoms with Gasteiger partial charge in [-0.3, -0.25) is 14.4 Å². The Bertz CT molecular complexity index is 588. The summed E-state index contributed by atoms with van der Waals surface area (Å²) in [5, 5.41) is 11.3. The zero-order valence-corrected chi connectivity index (χ0v) is 13.8. The van der Waals surface area contributed by atoms with Gasteiger partial charge in [-0.1, -0.05) is 0 Å². The van der Waals surface area contributed by atoms with Crippen molar-refractivity contribution in [1.82, 2.24) is 5.32 Å². The summed E-state index contributed by atoms with van der Waals surface area (Å²) in [6, 6.07) is 7.67. The smallest absolute Gasteiger partial charge is 0.303 e. The van der Waals surface area contributed by atoms with E-state index in [1.807, 2.05) is 30.5 Å². The van der Waals surface area contributed by atoms with E-state index in [9.17, 15) is 14.4 Å². The fourth-order valence-electron chi connectivity index (χ4n) is 2.49. The number of benzene rings is 1. The van der Waals surface area contributed by atoms with Gasteiger partial charge in [-0.25, -0.2) is 0 Å². The van der Waals surface area contributed by atoms with Gasteiger partial charge in [-0.2, -0.15) is 0 Å². The van der Waals surface area contributed by atoms with Crippen molar-refractivity contribution in [2.24, 2.45) is 5.92 Å². The second kappa shape index (κ2) is 8.01. The summed E-state index contributed by atoms with van der Waals surface area (Å²) >= 11 is 1.63. The van der Waals surface area contributed by atoms with Crippen LogP contribution in [0.25, 0.3) is 0 Å². The predicted molar refractivity (Wildman–Crippen MR) is 88.6 cm³/mol. The third-order valence-corrected chi connectivity index (χ3v) is 4.49.